The normalized spacial score (nSPS) is 11.9. The molecule has 0 aliphatic carbocycles. The van der Waals surface area contributed by atoms with E-state index in [1.165, 1.54) is 38.5 Å². The zero-order valence-corrected chi connectivity index (χ0v) is 13.2. The Labute approximate surface area is 114 Å². The highest BCUT2D eigenvalue weighted by molar-refractivity contribution is 7.91. The lowest BCUT2D eigenvalue weighted by Gasteiger charge is -2.04. The minimum Gasteiger partial charge on any atom is -0.229 e. The number of unbranched alkanes of at least 4 members (excludes halogenated alkanes) is 9. The maximum atomic E-state index is 11.7. The lowest BCUT2D eigenvalue weighted by molar-refractivity contribution is 0.570. The molecule has 0 aromatic heterocycles. The molecule has 110 valence electrons. The van der Waals surface area contributed by atoms with Crippen molar-refractivity contribution in [2.45, 2.75) is 84.5 Å². The van der Waals surface area contributed by atoms with E-state index in [-0.39, 0.29) is 0 Å². The second kappa shape index (κ2) is 12.0. The van der Waals surface area contributed by atoms with Gasteiger partial charge in [0.2, 0.25) is 0 Å². The van der Waals surface area contributed by atoms with E-state index in [0.717, 1.165) is 32.1 Å². The van der Waals surface area contributed by atoms with Gasteiger partial charge in [0.25, 0.3) is 0 Å². The maximum Gasteiger partial charge on any atom is 0.150 e. The van der Waals surface area contributed by atoms with Crippen molar-refractivity contribution in [3.8, 4) is 0 Å². The fraction of sp³-hybridized carbons (Fsp3) is 1.00. The van der Waals surface area contributed by atoms with E-state index in [1.807, 2.05) is 0 Å². The van der Waals surface area contributed by atoms with Gasteiger partial charge in [0.15, 0.2) is 0 Å². The fourth-order valence-corrected chi connectivity index (χ4v) is 3.62. The van der Waals surface area contributed by atoms with Crippen molar-refractivity contribution in [3.05, 3.63) is 0 Å². The van der Waals surface area contributed by atoms with Crippen LogP contribution in [-0.2, 0) is 9.84 Å². The van der Waals surface area contributed by atoms with Crippen LogP contribution in [0.5, 0.6) is 0 Å². The van der Waals surface area contributed by atoms with Crippen LogP contribution in [0.4, 0.5) is 0 Å². The minimum absolute atomic E-state index is 0.400. The first-order chi connectivity index (χ1) is 8.62. The lowest BCUT2D eigenvalue weighted by atomic mass is 10.1. The van der Waals surface area contributed by atoms with Crippen LogP contribution < -0.4 is 0 Å². The molecule has 0 saturated carbocycles. The molecule has 0 aliphatic rings. The van der Waals surface area contributed by atoms with Crippen LogP contribution in [0.3, 0.4) is 0 Å². The Hall–Kier alpha value is -0.0500. The average Bonchev–Trinajstić information content (AvgIpc) is 2.33. The molecular weight excluding hydrogens is 244 g/mol. The molecule has 18 heavy (non-hydrogen) atoms. The molecular formula is C15H32O2S. The Kier molecular flexibility index (Phi) is 12.0. The second-order valence-corrected chi connectivity index (χ2v) is 7.64. The molecule has 0 spiro atoms. The zero-order chi connectivity index (χ0) is 13.7. The summed E-state index contributed by atoms with van der Waals surface area (Å²) < 4.78 is 23.4. The molecule has 0 atom stereocenters. The van der Waals surface area contributed by atoms with Crippen molar-refractivity contribution < 1.29 is 8.42 Å². The highest BCUT2D eigenvalue weighted by Crippen LogP contribution is 2.10. The van der Waals surface area contributed by atoms with Gasteiger partial charge in [0, 0.05) is 0 Å². The molecule has 3 heteroatoms. The summed E-state index contributed by atoms with van der Waals surface area (Å²) in [6.07, 6.45) is 12.7. The monoisotopic (exact) mass is 276 g/mol. The molecule has 0 amide bonds. The van der Waals surface area contributed by atoms with Crippen molar-refractivity contribution in [1.29, 1.82) is 0 Å². The summed E-state index contributed by atoms with van der Waals surface area (Å²) in [5.74, 6) is 0.809. The Morgan fingerprint density at radius 3 is 1.39 bits per heavy atom. The maximum absolute atomic E-state index is 11.7. The van der Waals surface area contributed by atoms with Crippen molar-refractivity contribution in [1.82, 2.24) is 0 Å². The molecule has 0 unspecified atom stereocenters. The SMILES string of the molecule is CCCCCCCCCCS(=O)(=O)CCCCC. The number of hydrogen-bond acceptors (Lipinski definition) is 2. The fourth-order valence-electron chi connectivity index (χ4n) is 2.13. The Bertz CT molecular complexity index is 258. The molecule has 0 aliphatic heterocycles. The molecule has 0 rings (SSSR count). The van der Waals surface area contributed by atoms with Gasteiger partial charge < -0.3 is 0 Å². The highest BCUT2D eigenvalue weighted by Gasteiger charge is 2.09. The highest BCUT2D eigenvalue weighted by atomic mass is 32.2. The van der Waals surface area contributed by atoms with Crippen LogP contribution >= 0.6 is 0 Å². The van der Waals surface area contributed by atoms with Gasteiger partial charge in [-0.1, -0.05) is 71.6 Å². The number of sulfone groups is 1. The van der Waals surface area contributed by atoms with Crippen molar-refractivity contribution >= 4 is 9.84 Å². The smallest absolute Gasteiger partial charge is 0.150 e. The summed E-state index contributed by atoms with van der Waals surface area (Å²) in [4.78, 5) is 0. The topological polar surface area (TPSA) is 34.1 Å². The molecule has 0 aromatic rings. The molecule has 0 saturated heterocycles. The third kappa shape index (κ3) is 12.4. The number of rotatable bonds is 13. The minimum atomic E-state index is -2.76. The summed E-state index contributed by atoms with van der Waals surface area (Å²) in [6, 6.07) is 0. The largest absolute Gasteiger partial charge is 0.229 e. The molecule has 0 radical (unpaired) electrons. The Balaban J connectivity index is 3.36. The van der Waals surface area contributed by atoms with Gasteiger partial charge in [-0.05, 0) is 12.8 Å². The van der Waals surface area contributed by atoms with Crippen LogP contribution in [0.2, 0.25) is 0 Å². The first-order valence-corrected chi connectivity index (χ1v) is 9.65. The molecule has 0 bridgehead atoms. The van der Waals surface area contributed by atoms with Crippen molar-refractivity contribution in [2.75, 3.05) is 11.5 Å². The van der Waals surface area contributed by atoms with Gasteiger partial charge in [-0.15, -0.1) is 0 Å². The molecule has 2 nitrogen and oxygen atoms in total. The molecule has 0 heterocycles. The third-order valence-corrected chi connectivity index (χ3v) is 5.19. The van der Waals surface area contributed by atoms with Gasteiger partial charge >= 0.3 is 0 Å². The van der Waals surface area contributed by atoms with E-state index in [9.17, 15) is 8.42 Å². The van der Waals surface area contributed by atoms with Gasteiger partial charge in [-0.2, -0.15) is 0 Å². The van der Waals surface area contributed by atoms with Gasteiger partial charge in [0.05, 0.1) is 11.5 Å². The number of hydrogen-bond donors (Lipinski definition) is 0. The predicted octanol–water partition coefficient (Wildman–Crippen LogP) is 4.73. The van der Waals surface area contributed by atoms with Crippen molar-refractivity contribution in [3.63, 3.8) is 0 Å². The van der Waals surface area contributed by atoms with Gasteiger partial charge in [0.1, 0.15) is 9.84 Å². The van der Waals surface area contributed by atoms with Crippen LogP contribution in [0.25, 0.3) is 0 Å². The predicted molar refractivity (Wildman–Crippen MR) is 80.8 cm³/mol. The average molecular weight is 276 g/mol. The first-order valence-electron chi connectivity index (χ1n) is 7.82. The van der Waals surface area contributed by atoms with Crippen LogP contribution in [-0.4, -0.2) is 19.9 Å². The van der Waals surface area contributed by atoms with E-state index in [1.54, 1.807) is 0 Å². The third-order valence-electron chi connectivity index (χ3n) is 3.37. The summed E-state index contributed by atoms with van der Waals surface area (Å²) in [5, 5.41) is 0. The van der Waals surface area contributed by atoms with Crippen LogP contribution in [0.15, 0.2) is 0 Å². The van der Waals surface area contributed by atoms with E-state index < -0.39 is 9.84 Å². The standard InChI is InChI=1S/C15H32O2S/c1-3-5-7-8-9-10-11-13-15-18(16,17)14-12-6-4-2/h3-15H2,1-2H3. The van der Waals surface area contributed by atoms with E-state index >= 15 is 0 Å². The Morgan fingerprint density at radius 1 is 0.556 bits per heavy atom. The summed E-state index contributed by atoms with van der Waals surface area (Å²) >= 11 is 0. The summed E-state index contributed by atoms with van der Waals surface area (Å²) in [6.45, 7) is 4.33. The molecule has 0 fully saturated rings. The van der Waals surface area contributed by atoms with Crippen LogP contribution in [0.1, 0.15) is 84.5 Å². The lowest BCUT2D eigenvalue weighted by Crippen LogP contribution is -2.11. The van der Waals surface area contributed by atoms with Gasteiger partial charge in [-0.3, -0.25) is 0 Å². The second-order valence-electron chi connectivity index (χ2n) is 5.33. The summed E-state index contributed by atoms with van der Waals surface area (Å²) in [7, 11) is -2.76. The molecule has 0 N–H and O–H groups in total. The molecule has 0 aromatic carbocycles. The van der Waals surface area contributed by atoms with E-state index in [2.05, 4.69) is 13.8 Å². The van der Waals surface area contributed by atoms with Crippen LogP contribution in [0, 0.1) is 0 Å². The van der Waals surface area contributed by atoms with E-state index in [0.29, 0.717) is 11.5 Å². The summed E-state index contributed by atoms with van der Waals surface area (Å²) in [5.41, 5.74) is 0. The van der Waals surface area contributed by atoms with Gasteiger partial charge in [-0.25, -0.2) is 8.42 Å². The quantitative estimate of drug-likeness (QED) is 0.456. The zero-order valence-electron chi connectivity index (χ0n) is 12.4. The van der Waals surface area contributed by atoms with Crippen molar-refractivity contribution in [2.24, 2.45) is 0 Å². The van der Waals surface area contributed by atoms with E-state index in [4.69, 9.17) is 0 Å². The Morgan fingerprint density at radius 2 is 0.889 bits per heavy atom. The first kappa shape index (κ1) is 17.9.